The summed E-state index contributed by atoms with van der Waals surface area (Å²) in [5, 5.41) is 5.58. The maximum absolute atomic E-state index is 13.7. The molecule has 25 heavy (non-hydrogen) atoms. The molecule has 8 heteroatoms. The molecule has 0 fully saturated rings. The SMILES string of the molecule is CC[C@@H](NC(=S)Nc1c(F)cccc1F)c1ccc(S(C)(=O)=O)cc1. The quantitative estimate of drug-likeness (QED) is 0.768. The number of para-hydroxylation sites is 1. The van der Waals surface area contributed by atoms with Gasteiger partial charge in [-0.2, -0.15) is 0 Å². The first kappa shape index (κ1) is 19.3. The van der Waals surface area contributed by atoms with Crippen molar-refractivity contribution in [3.8, 4) is 0 Å². The third-order valence-corrected chi connectivity index (χ3v) is 4.97. The van der Waals surface area contributed by atoms with Crippen LogP contribution in [0.5, 0.6) is 0 Å². The van der Waals surface area contributed by atoms with Gasteiger partial charge in [-0.1, -0.05) is 25.1 Å². The highest BCUT2D eigenvalue weighted by atomic mass is 32.2. The molecule has 0 aliphatic carbocycles. The van der Waals surface area contributed by atoms with Crippen molar-refractivity contribution >= 4 is 32.9 Å². The first-order valence-corrected chi connectivity index (χ1v) is 9.84. The van der Waals surface area contributed by atoms with Crippen molar-refractivity contribution in [2.45, 2.75) is 24.3 Å². The number of hydrogen-bond acceptors (Lipinski definition) is 3. The van der Waals surface area contributed by atoms with Gasteiger partial charge >= 0.3 is 0 Å². The Morgan fingerprint density at radius 3 is 2.16 bits per heavy atom. The van der Waals surface area contributed by atoms with Crippen molar-refractivity contribution in [2.24, 2.45) is 0 Å². The van der Waals surface area contributed by atoms with Crippen LogP contribution in [0.2, 0.25) is 0 Å². The predicted octanol–water partition coefficient (Wildman–Crippen LogP) is 3.81. The third kappa shape index (κ3) is 4.96. The number of benzene rings is 2. The van der Waals surface area contributed by atoms with E-state index in [4.69, 9.17) is 12.2 Å². The summed E-state index contributed by atoms with van der Waals surface area (Å²) in [7, 11) is -3.27. The van der Waals surface area contributed by atoms with Gasteiger partial charge in [0.05, 0.1) is 10.9 Å². The number of nitrogens with one attached hydrogen (secondary N) is 2. The van der Waals surface area contributed by atoms with Crippen LogP contribution in [-0.2, 0) is 9.84 Å². The van der Waals surface area contributed by atoms with Gasteiger partial charge in [0.1, 0.15) is 17.3 Å². The highest BCUT2D eigenvalue weighted by molar-refractivity contribution is 7.90. The van der Waals surface area contributed by atoms with E-state index in [0.717, 1.165) is 24.0 Å². The zero-order chi connectivity index (χ0) is 18.6. The van der Waals surface area contributed by atoms with Crippen molar-refractivity contribution in [1.82, 2.24) is 5.32 Å². The van der Waals surface area contributed by atoms with E-state index in [2.05, 4.69) is 10.6 Å². The van der Waals surface area contributed by atoms with Crippen molar-refractivity contribution in [1.29, 1.82) is 0 Å². The average molecular weight is 384 g/mol. The summed E-state index contributed by atoms with van der Waals surface area (Å²) < 4.78 is 50.3. The lowest BCUT2D eigenvalue weighted by Crippen LogP contribution is -2.32. The number of thiocarbonyl (C=S) groups is 1. The molecule has 2 N–H and O–H groups in total. The minimum absolute atomic E-state index is 0.0723. The predicted molar refractivity (Wildman–Crippen MR) is 98.3 cm³/mol. The summed E-state index contributed by atoms with van der Waals surface area (Å²) in [6, 6.07) is 9.70. The van der Waals surface area contributed by atoms with Gasteiger partial charge in [-0.25, -0.2) is 17.2 Å². The topological polar surface area (TPSA) is 58.2 Å². The van der Waals surface area contributed by atoms with Gasteiger partial charge in [-0.3, -0.25) is 0 Å². The fourth-order valence-corrected chi connectivity index (χ4v) is 3.17. The molecule has 0 aliphatic heterocycles. The van der Waals surface area contributed by atoms with Crippen LogP contribution < -0.4 is 10.6 Å². The van der Waals surface area contributed by atoms with Gasteiger partial charge < -0.3 is 10.6 Å². The lowest BCUT2D eigenvalue weighted by Gasteiger charge is -2.20. The largest absolute Gasteiger partial charge is 0.356 e. The molecule has 0 heterocycles. The van der Waals surface area contributed by atoms with E-state index in [9.17, 15) is 17.2 Å². The van der Waals surface area contributed by atoms with E-state index in [1.807, 2.05) is 6.92 Å². The van der Waals surface area contributed by atoms with Gasteiger partial charge in [-0.15, -0.1) is 0 Å². The number of hydrogen-bond donors (Lipinski definition) is 2. The Bertz CT molecular complexity index is 848. The zero-order valence-corrected chi connectivity index (χ0v) is 15.3. The lowest BCUT2D eigenvalue weighted by molar-refractivity contribution is 0.589. The average Bonchev–Trinajstić information content (AvgIpc) is 2.55. The molecule has 0 radical (unpaired) electrons. The Labute approximate surface area is 151 Å². The molecule has 4 nitrogen and oxygen atoms in total. The van der Waals surface area contributed by atoms with Crippen LogP contribution in [-0.4, -0.2) is 19.8 Å². The van der Waals surface area contributed by atoms with Gasteiger partial charge in [-0.05, 0) is 48.5 Å². The van der Waals surface area contributed by atoms with Gasteiger partial charge in [0, 0.05) is 6.26 Å². The van der Waals surface area contributed by atoms with Crippen LogP contribution in [0.15, 0.2) is 47.4 Å². The maximum atomic E-state index is 13.7. The van der Waals surface area contributed by atoms with Gasteiger partial charge in [0.2, 0.25) is 0 Å². The lowest BCUT2D eigenvalue weighted by atomic mass is 10.1. The molecule has 0 aromatic heterocycles. The summed E-state index contributed by atoms with van der Waals surface area (Å²) in [4.78, 5) is 0.222. The molecule has 0 bridgehead atoms. The van der Waals surface area contributed by atoms with Crippen molar-refractivity contribution < 1.29 is 17.2 Å². The Morgan fingerprint density at radius 1 is 1.12 bits per heavy atom. The van der Waals surface area contributed by atoms with E-state index in [1.165, 1.54) is 18.2 Å². The van der Waals surface area contributed by atoms with Crippen LogP contribution in [0.25, 0.3) is 0 Å². The monoisotopic (exact) mass is 384 g/mol. The molecule has 2 rings (SSSR count). The summed E-state index contributed by atoms with van der Waals surface area (Å²) in [5.74, 6) is -1.48. The fraction of sp³-hybridized carbons (Fsp3) is 0.235. The molecule has 0 aliphatic rings. The van der Waals surface area contributed by atoms with Crippen molar-refractivity contribution in [3.05, 3.63) is 59.7 Å². The smallest absolute Gasteiger partial charge is 0.175 e. The van der Waals surface area contributed by atoms with Crippen LogP contribution in [0.4, 0.5) is 14.5 Å². The van der Waals surface area contributed by atoms with Gasteiger partial charge in [0.25, 0.3) is 0 Å². The molecule has 0 saturated carbocycles. The Kier molecular flexibility index (Phi) is 6.07. The molecule has 0 amide bonds. The third-order valence-electron chi connectivity index (χ3n) is 3.63. The molecular formula is C17H18F2N2O2S2. The van der Waals surface area contributed by atoms with E-state index >= 15 is 0 Å². The van der Waals surface area contributed by atoms with E-state index < -0.39 is 21.5 Å². The summed E-state index contributed by atoms with van der Waals surface area (Å²) >= 11 is 5.13. The van der Waals surface area contributed by atoms with Crippen molar-refractivity contribution in [2.75, 3.05) is 11.6 Å². The number of sulfone groups is 1. The second kappa shape index (κ2) is 7.88. The second-order valence-electron chi connectivity index (χ2n) is 5.50. The van der Waals surface area contributed by atoms with E-state index in [-0.39, 0.29) is 21.7 Å². The van der Waals surface area contributed by atoms with Crippen molar-refractivity contribution in [3.63, 3.8) is 0 Å². The van der Waals surface area contributed by atoms with E-state index in [0.29, 0.717) is 6.42 Å². The van der Waals surface area contributed by atoms with Crippen LogP contribution in [0.3, 0.4) is 0 Å². The van der Waals surface area contributed by atoms with Crippen LogP contribution in [0, 0.1) is 11.6 Å². The first-order valence-electron chi connectivity index (χ1n) is 7.54. The molecule has 2 aromatic carbocycles. The molecule has 1 atom stereocenters. The normalized spacial score (nSPS) is 12.5. The molecular weight excluding hydrogens is 366 g/mol. The minimum Gasteiger partial charge on any atom is -0.356 e. The number of anilines is 1. The summed E-state index contributed by atoms with van der Waals surface area (Å²) in [5.41, 5.74) is 0.496. The Hall–Kier alpha value is -2.06. The highest BCUT2D eigenvalue weighted by Crippen LogP contribution is 2.21. The van der Waals surface area contributed by atoms with Crippen LogP contribution >= 0.6 is 12.2 Å². The molecule has 0 unspecified atom stereocenters. The standard InChI is InChI=1S/C17H18F2N2O2S2/c1-3-15(11-7-9-12(10-8-11)25(2,22)23)20-17(24)21-16-13(18)5-4-6-14(16)19/h4-10,15H,3H2,1-2H3,(H2,20,21,24)/t15-/m1/s1. The number of rotatable bonds is 5. The van der Waals surface area contributed by atoms with Gasteiger partial charge in [0.15, 0.2) is 14.9 Å². The Balaban J connectivity index is 2.12. The fourth-order valence-electron chi connectivity index (χ4n) is 2.29. The first-order chi connectivity index (χ1) is 11.7. The number of halogens is 2. The molecule has 0 saturated heterocycles. The molecule has 2 aromatic rings. The Morgan fingerprint density at radius 2 is 1.68 bits per heavy atom. The summed E-state index contributed by atoms with van der Waals surface area (Å²) in [6.45, 7) is 1.91. The van der Waals surface area contributed by atoms with E-state index in [1.54, 1.807) is 12.1 Å². The second-order valence-corrected chi connectivity index (χ2v) is 7.92. The highest BCUT2D eigenvalue weighted by Gasteiger charge is 2.15. The zero-order valence-electron chi connectivity index (χ0n) is 13.7. The van der Waals surface area contributed by atoms with Crippen LogP contribution in [0.1, 0.15) is 24.9 Å². The molecule has 0 spiro atoms. The minimum atomic E-state index is -3.27. The molecule has 134 valence electrons. The summed E-state index contributed by atoms with van der Waals surface area (Å²) in [6.07, 6.45) is 1.78. The maximum Gasteiger partial charge on any atom is 0.175 e.